The second-order valence-corrected chi connectivity index (χ2v) is 6.07. The third-order valence-corrected chi connectivity index (χ3v) is 4.47. The number of amides is 1. The van der Waals surface area contributed by atoms with E-state index < -0.39 is 0 Å². The van der Waals surface area contributed by atoms with Crippen LogP contribution in [0.1, 0.15) is 52.4 Å². The lowest BCUT2D eigenvalue weighted by Crippen LogP contribution is -2.46. The smallest absolute Gasteiger partial charge is 0.244 e. The van der Waals surface area contributed by atoms with Crippen molar-refractivity contribution in [2.75, 3.05) is 0 Å². The Balaban J connectivity index is 1.84. The summed E-state index contributed by atoms with van der Waals surface area (Å²) in [7, 11) is 0. The molecular formula is C13H22N2O. The topological polar surface area (TPSA) is 32.3 Å². The van der Waals surface area contributed by atoms with Crippen molar-refractivity contribution in [3.8, 4) is 0 Å². The third-order valence-electron chi connectivity index (χ3n) is 4.47. The van der Waals surface area contributed by atoms with Crippen LogP contribution in [0, 0.1) is 5.92 Å². The van der Waals surface area contributed by atoms with E-state index in [1.807, 2.05) is 0 Å². The fourth-order valence-electron chi connectivity index (χ4n) is 3.33. The van der Waals surface area contributed by atoms with Gasteiger partial charge >= 0.3 is 0 Å². The van der Waals surface area contributed by atoms with E-state index in [-0.39, 0.29) is 11.7 Å². The van der Waals surface area contributed by atoms with Gasteiger partial charge in [0.05, 0.1) is 11.7 Å². The minimum Gasteiger partial charge on any atom is -0.322 e. The van der Waals surface area contributed by atoms with Gasteiger partial charge in [-0.1, -0.05) is 26.7 Å². The summed E-state index contributed by atoms with van der Waals surface area (Å²) in [5.41, 5.74) is -0.127. The first-order valence-corrected chi connectivity index (χ1v) is 6.74. The molecule has 1 spiro atoms. The van der Waals surface area contributed by atoms with E-state index in [2.05, 4.69) is 24.1 Å². The number of hydrogen-bond acceptors (Lipinski definition) is 2. The third kappa shape index (κ3) is 1.41. The molecule has 1 saturated heterocycles. The minimum absolute atomic E-state index is 0.127. The average Bonchev–Trinajstić information content (AvgIpc) is 2.70. The molecule has 1 atom stereocenters. The standard InChI is InChI=1S/C13H22N2O/c1-9(2)11-14-13(7-8-13)12(16)15(11)10-5-3-4-6-10/h9-11,14H,3-8H2,1-2H3. The van der Waals surface area contributed by atoms with Crippen molar-refractivity contribution in [1.29, 1.82) is 0 Å². The lowest BCUT2D eigenvalue weighted by molar-refractivity contribution is -0.133. The summed E-state index contributed by atoms with van der Waals surface area (Å²) in [6.45, 7) is 4.43. The average molecular weight is 222 g/mol. The maximum absolute atomic E-state index is 12.5. The first-order chi connectivity index (χ1) is 7.64. The van der Waals surface area contributed by atoms with Crippen LogP contribution in [0.3, 0.4) is 0 Å². The Kier molecular flexibility index (Phi) is 2.29. The Labute approximate surface area is 97.6 Å². The van der Waals surface area contributed by atoms with E-state index in [1.54, 1.807) is 0 Å². The summed E-state index contributed by atoms with van der Waals surface area (Å²) in [6.07, 6.45) is 7.42. The van der Waals surface area contributed by atoms with Crippen molar-refractivity contribution in [3.05, 3.63) is 0 Å². The fourth-order valence-corrected chi connectivity index (χ4v) is 3.33. The predicted molar refractivity (Wildman–Crippen MR) is 62.8 cm³/mol. The van der Waals surface area contributed by atoms with Crippen LogP contribution in [0.2, 0.25) is 0 Å². The summed E-state index contributed by atoms with van der Waals surface area (Å²) in [5, 5.41) is 3.59. The zero-order valence-corrected chi connectivity index (χ0v) is 10.3. The van der Waals surface area contributed by atoms with Gasteiger partial charge in [0.25, 0.3) is 0 Å². The summed E-state index contributed by atoms with van der Waals surface area (Å²) in [5.74, 6) is 0.919. The molecule has 3 fully saturated rings. The van der Waals surface area contributed by atoms with Gasteiger partial charge in [-0.05, 0) is 31.6 Å². The largest absolute Gasteiger partial charge is 0.322 e. The molecule has 16 heavy (non-hydrogen) atoms. The Bertz CT molecular complexity index is 303. The van der Waals surface area contributed by atoms with Gasteiger partial charge in [-0.3, -0.25) is 10.1 Å². The Morgan fingerprint density at radius 1 is 1.31 bits per heavy atom. The van der Waals surface area contributed by atoms with E-state index in [0.29, 0.717) is 17.9 Å². The molecule has 1 heterocycles. The molecular weight excluding hydrogens is 200 g/mol. The minimum atomic E-state index is -0.127. The normalized spacial score (nSPS) is 33.3. The fraction of sp³-hybridized carbons (Fsp3) is 0.923. The molecule has 3 heteroatoms. The van der Waals surface area contributed by atoms with Gasteiger partial charge in [-0.2, -0.15) is 0 Å². The van der Waals surface area contributed by atoms with Crippen LogP contribution in [-0.4, -0.2) is 28.6 Å². The van der Waals surface area contributed by atoms with E-state index in [9.17, 15) is 4.79 Å². The molecule has 2 saturated carbocycles. The van der Waals surface area contributed by atoms with E-state index in [4.69, 9.17) is 0 Å². The highest BCUT2D eigenvalue weighted by atomic mass is 16.2. The zero-order chi connectivity index (χ0) is 11.3. The highest BCUT2D eigenvalue weighted by Crippen LogP contribution is 2.45. The van der Waals surface area contributed by atoms with Gasteiger partial charge in [0.2, 0.25) is 5.91 Å². The van der Waals surface area contributed by atoms with Gasteiger partial charge in [0.15, 0.2) is 0 Å². The van der Waals surface area contributed by atoms with Crippen molar-refractivity contribution in [1.82, 2.24) is 10.2 Å². The van der Waals surface area contributed by atoms with Crippen molar-refractivity contribution in [3.63, 3.8) is 0 Å². The number of nitrogens with zero attached hydrogens (tertiary/aromatic N) is 1. The molecule has 0 radical (unpaired) electrons. The Morgan fingerprint density at radius 3 is 2.44 bits per heavy atom. The quantitative estimate of drug-likeness (QED) is 0.773. The second kappa shape index (κ2) is 3.46. The first-order valence-electron chi connectivity index (χ1n) is 6.74. The van der Waals surface area contributed by atoms with Crippen LogP contribution in [-0.2, 0) is 4.79 Å². The van der Waals surface area contributed by atoms with Crippen LogP contribution in [0.4, 0.5) is 0 Å². The highest BCUT2D eigenvalue weighted by Gasteiger charge is 2.60. The monoisotopic (exact) mass is 222 g/mol. The van der Waals surface area contributed by atoms with Gasteiger partial charge < -0.3 is 4.90 Å². The molecule has 0 bridgehead atoms. The summed E-state index contributed by atoms with van der Waals surface area (Å²) < 4.78 is 0. The number of hydrogen-bond donors (Lipinski definition) is 1. The summed E-state index contributed by atoms with van der Waals surface area (Å²) in [4.78, 5) is 14.7. The molecule has 1 unspecified atom stereocenters. The van der Waals surface area contributed by atoms with E-state index in [0.717, 1.165) is 12.8 Å². The van der Waals surface area contributed by atoms with Gasteiger partial charge in [-0.25, -0.2) is 0 Å². The van der Waals surface area contributed by atoms with Crippen LogP contribution < -0.4 is 5.32 Å². The van der Waals surface area contributed by atoms with Crippen LogP contribution >= 0.6 is 0 Å². The van der Waals surface area contributed by atoms with Gasteiger partial charge in [-0.15, -0.1) is 0 Å². The maximum atomic E-state index is 12.5. The van der Waals surface area contributed by atoms with Crippen LogP contribution in [0.5, 0.6) is 0 Å². The van der Waals surface area contributed by atoms with E-state index in [1.165, 1.54) is 25.7 Å². The van der Waals surface area contributed by atoms with Gasteiger partial charge in [0, 0.05) is 6.04 Å². The molecule has 3 nitrogen and oxygen atoms in total. The maximum Gasteiger partial charge on any atom is 0.244 e. The number of rotatable bonds is 2. The van der Waals surface area contributed by atoms with Gasteiger partial charge in [0.1, 0.15) is 0 Å². The SMILES string of the molecule is CC(C)C1NC2(CC2)C(=O)N1C1CCCC1. The van der Waals surface area contributed by atoms with Crippen LogP contribution in [0.25, 0.3) is 0 Å². The van der Waals surface area contributed by atoms with Crippen LogP contribution in [0.15, 0.2) is 0 Å². The molecule has 0 aromatic carbocycles. The lowest BCUT2D eigenvalue weighted by Gasteiger charge is -2.32. The lowest BCUT2D eigenvalue weighted by atomic mass is 10.1. The molecule has 3 rings (SSSR count). The summed E-state index contributed by atoms with van der Waals surface area (Å²) in [6, 6.07) is 0.521. The molecule has 90 valence electrons. The Hall–Kier alpha value is -0.570. The predicted octanol–water partition coefficient (Wildman–Crippen LogP) is 1.88. The van der Waals surface area contributed by atoms with E-state index >= 15 is 0 Å². The number of nitrogens with one attached hydrogen (secondary N) is 1. The molecule has 1 amide bonds. The van der Waals surface area contributed by atoms with Crippen molar-refractivity contribution >= 4 is 5.91 Å². The highest BCUT2D eigenvalue weighted by molar-refractivity contribution is 5.92. The molecule has 0 aromatic heterocycles. The van der Waals surface area contributed by atoms with Crippen molar-refractivity contribution in [2.45, 2.75) is 70.1 Å². The first kappa shape index (κ1) is 10.6. The molecule has 2 aliphatic carbocycles. The second-order valence-electron chi connectivity index (χ2n) is 6.07. The van der Waals surface area contributed by atoms with Crippen molar-refractivity contribution in [2.24, 2.45) is 5.92 Å². The number of carbonyl (C=O) groups is 1. The molecule has 3 aliphatic rings. The molecule has 0 aromatic rings. The number of carbonyl (C=O) groups excluding carboxylic acids is 1. The van der Waals surface area contributed by atoms with Crippen molar-refractivity contribution < 1.29 is 4.79 Å². The summed E-state index contributed by atoms with van der Waals surface area (Å²) >= 11 is 0. The molecule has 1 aliphatic heterocycles. The zero-order valence-electron chi connectivity index (χ0n) is 10.3. The Morgan fingerprint density at radius 2 is 1.94 bits per heavy atom. The molecule has 1 N–H and O–H groups in total.